The van der Waals surface area contributed by atoms with Crippen molar-refractivity contribution in [3.8, 4) is 11.8 Å². The second-order valence-electron chi connectivity index (χ2n) is 9.25. The number of alkyl halides is 3. The zero-order valence-corrected chi connectivity index (χ0v) is 20.4. The molecule has 2 rings (SSSR count). The Bertz CT molecular complexity index is 961. The summed E-state index contributed by atoms with van der Waals surface area (Å²) in [6.07, 6.45) is -2.74. The first-order valence-corrected chi connectivity index (χ1v) is 11.4. The van der Waals surface area contributed by atoms with Gasteiger partial charge >= 0.3 is 18.1 Å². The Morgan fingerprint density at radius 2 is 1.70 bits per heavy atom. The zero-order valence-electron chi connectivity index (χ0n) is 19.6. The van der Waals surface area contributed by atoms with E-state index in [1.807, 2.05) is 27.7 Å². The molecule has 10 heteroatoms. The molecule has 0 atom stereocenters. The smallest absolute Gasteiger partial charge is 0.465 e. The quantitative estimate of drug-likeness (QED) is 0.342. The van der Waals surface area contributed by atoms with Crippen molar-refractivity contribution in [3.05, 3.63) is 15.8 Å². The van der Waals surface area contributed by atoms with Gasteiger partial charge < -0.3 is 4.74 Å². The molecule has 1 aromatic rings. The van der Waals surface area contributed by atoms with Crippen molar-refractivity contribution in [2.75, 3.05) is 19.2 Å². The van der Waals surface area contributed by atoms with Crippen molar-refractivity contribution < 1.29 is 32.3 Å². The standard InChI is InChI=1S/C23H29F3N2O4S/c1-14-7-9-15(10-8-14)19(29)28(27(5)21(31)23(24,25)26)17-13-16(11-12-22(2,3)4)33-18(17)20(30)32-6/h13-15H,7-10H2,1-6H3. The summed E-state index contributed by atoms with van der Waals surface area (Å²) in [4.78, 5) is 38.3. The summed E-state index contributed by atoms with van der Waals surface area (Å²) in [7, 11) is 2.00. The first-order valence-electron chi connectivity index (χ1n) is 10.6. The fraction of sp³-hybridized carbons (Fsp3) is 0.609. The molecular formula is C23H29F3N2O4S. The number of hydrogen-bond acceptors (Lipinski definition) is 5. The zero-order chi connectivity index (χ0) is 25.1. The molecule has 0 unspecified atom stereocenters. The summed E-state index contributed by atoms with van der Waals surface area (Å²) in [6.45, 7) is 7.69. The summed E-state index contributed by atoms with van der Waals surface area (Å²) >= 11 is 0.901. The van der Waals surface area contributed by atoms with Gasteiger partial charge in [-0.05, 0) is 58.4 Å². The average molecular weight is 487 g/mol. The van der Waals surface area contributed by atoms with Crippen LogP contribution in [0.15, 0.2) is 6.07 Å². The molecule has 0 spiro atoms. The normalized spacial score (nSPS) is 18.7. The fourth-order valence-electron chi connectivity index (χ4n) is 3.47. The van der Waals surface area contributed by atoms with E-state index in [4.69, 9.17) is 4.74 Å². The first kappa shape index (κ1) is 26.7. The summed E-state index contributed by atoms with van der Waals surface area (Å²) < 4.78 is 44.6. The van der Waals surface area contributed by atoms with Gasteiger partial charge in [0.1, 0.15) is 4.88 Å². The van der Waals surface area contributed by atoms with E-state index in [-0.39, 0.29) is 21.0 Å². The number of methoxy groups -OCH3 is 1. The monoisotopic (exact) mass is 486 g/mol. The number of hydrazine groups is 1. The van der Waals surface area contributed by atoms with Gasteiger partial charge in [-0.2, -0.15) is 13.2 Å². The van der Waals surface area contributed by atoms with Crippen molar-refractivity contribution in [2.45, 2.75) is 59.6 Å². The third-order valence-electron chi connectivity index (χ3n) is 5.28. The number of amides is 2. The number of esters is 1. The summed E-state index contributed by atoms with van der Waals surface area (Å²) in [5, 5.41) is 0.900. The number of rotatable bonds is 3. The lowest BCUT2D eigenvalue weighted by molar-refractivity contribution is -0.185. The van der Waals surface area contributed by atoms with E-state index in [0.717, 1.165) is 38.3 Å². The van der Waals surface area contributed by atoms with Crippen LogP contribution in [0.2, 0.25) is 0 Å². The van der Waals surface area contributed by atoms with Gasteiger partial charge in [0.05, 0.1) is 17.7 Å². The topological polar surface area (TPSA) is 66.9 Å². The van der Waals surface area contributed by atoms with Gasteiger partial charge in [-0.1, -0.05) is 18.8 Å². The second-order valence-corrected chi connectivity index (χ2v) is 10.3. The minimum Gasteiger partial charge on any atom is -0.465 e. The Balaban J connectivity index is 2.62. The predicted molar refractivity (Wildman–Crippen MR) is 119 cm³/mol. The van der Waals surface area contributed by atoms with Crippen molar-refractivity contribution in [1.29, 1.82) is 0 Å². The highest BCUT2D eigenvalue weighted by atomic mass is 32.1. The Morgan fingerprint density at radius 1 is 1.12 bits per heavy atom. The minimum absolute atomic E-state index is 0.102. The van der Waals surface area contributed by atoms with E-state index in [0.29, 0.717) is 28.6 Å². The number of nitrogens with zero attached hydrogens (tertiary/aromatic N) is 2. The molecule has 0 bridgehead atoms. The molecule has 1 aromatic heterocycles. The molecule has 0 N–H and O–H groups in total. The molecule has 1 fully saturated rings. The van der Waals surface area contributed by atoms with E-state index in [9.17, 15) is 27.6 Å². The van der Waals surface area contributed by atoms with Crippen LogP contribution in [0.5, 0.6) is 0 Å². The maximum absolute atomic E-state index is 13.4. The summed E-state index contributed by atoms with van der Waals surface area (Å²) in [5.41, 5.74) is -0.513. The molecule has 6 nitrogen and oxygen atoms in total. The van der Waals surface area contributed by atoms with Gasteiger partial charge in [-0.15, -0.1) is 11.3 Å². The largest absolute Gasteiger partial charge is 0.473 e. The lowest BCUT2D eigenvalue weighted by Crippen LogP contribution is -2.54. The van der Waals surface area contributed by atoms with E-state index in [1.165, 1.54) is 6.07 Å². The maximum atomic E-state index is 13.4. The Labute approximate surface area is 196 Å². The van der Waals surface area contributed by atoms with Gasteiger partial charge in [0.15, 0.2) is 0 Å². The van der Waals surface area contributed by atoms with E-state index >= 15 is 0 Å². The molecule has 182 valence electrons. The van der Waals surface area contributed by atoms with Crippen LogP contribution < -0.4 is 5.01 Å². The van der Waals surface area contributed by atoms with E-state index in [2.05, 4.69) is 11.8 Å². The number of carbonyl (C=O) groups excluding carboxylic acids is 3. The van der Waals surface area contributed by atoms with Crippen molar-refractivity contribution in [1.82, 2.24) is 5.01 Å². The van der Waals surface area contributed by atoms with Gasteiger partial charge in [0.2, 0.25) is 5.91 Å². The highest BCUT2D eigenvalue weighted by molar-refractivity contribution is 7.15. The van der Waals surface area contributed by atoms with Crippen LogP contribution in [-0.4, -0.2) is 43.1 Å². The molecule has 0 aromatic carbocycles. The maximum Gasteiger partial charge on any atom is 0.473 e. The van der Waals surface area contributed by atoms with Crippen LogP contribution in [-0.2, 0) is 14.3 Å². The van der Waals surface area contributed by atoms with Gasteiger partial charge in [-0.25, -0.2) is 14.8 Å². The summed E-state index contributed by atoms with van der Waals surface area (Å²) in [5.74, 6) is 2.01. The fourth-order valence-corrected chi connectivity index (χ4v) is 4.38. The van der Waals surface area contributed by atoms with Crippen LogP contribution >= 0.6 is 11.3 Å². The Hall–Kier alpha value is -2.54. The number of ether oxygens (including phenoxy) is 1. The molecule has 0 radical (unpaired) electrons. The highest BCUT2D eigenvalue weighted by Gasteiger charge is 2.46. The third kappa shape index (κ3) is 6.73. The predicted octanol–water partition coefficient (Wildman–Crippen LogP) is 5.03. The SMILES string of the molecule is COC(=O)c1sc(C#CC(C)(C)C)cc1N(C(=O)C1CCC(C)CC1)N(C)C(=O)C(F)(F)F. The number of halogens is 3. The van der Waals surface area contributed by atoms with Crippen LogP contribution in [0.3, 0.4) is 0 Å². The molecule has 1 heterocycles. The van der Waals surface area contributed by atoms with Crippen LogP contribution in [0, 0.1) is 29.1 Å². The number of anilines is 1. The second kappa shape index (κ2) is 10.2. The molecular weight excluding hydrogens is 457 g/mol. The van der Waals surface area contributed by atoms with E-state index < -0.39 is 29.9 Å². The lowest BCUT2D eigenvalue weighted by Gasteiger charge is -2.36. The lowest BCUT2D eigenvalue weighted by atomic mass is 9.82. The van der Waals surface area contributed by atoms with Gasteiger partial charge in [0, 0.05) is 18.4 Å². The Morgan fingerprint density at radius 3 is 2.18 bits per heavy atom. The van der Waals surface area contributed by atoms with Crippen molar-refractivity contribution in [2.24, 2.45) is 17.3 Å². The number of thiophene rings is 1. The molecule has 1 saturated carbocycles. The average Bonchev–Trinajstić information content (AvgIpc) is 3.14. The number of hydrogen-bond donors (Lipinski definition) is 0. The minimum atomic E-state index is -5.20. The van der Waals surface area contributed by atoms with Gasteiger partial charge in [0.25, 0.3) is 0 Å². The van der Waals surface area contributed by atoms with Crippen molar-refractivity contribution in [3.63, 3.8) is 0 Å². The van der Waals surface area contributed by atoms with E-state index in [1.54, 1.807) is 0 Å². The molecule has 33 heavy (non-hydrogen) atoms. The van der Waals surface area contributed by atoms with Gasteiger partial charge in [-0.3, -0.25) is 9.59 Å². The third-order valence-corrected chi connectivity index (χ3v) is 6.30. The van der Waals surface area contributed by atoms with Crippen LogP contribution in [0.25, 0.3) is 0 Å². The highest BCUT2D eigenvalue weighted by Crippen LogP contribution is 2.37. The first-order chi connectivity index (χ1) is 15.2. The van der Waals surface area contributed by atoms with Crippen LogP contribution in [0.1, 0.15) is 67.9 Å². The molecule has 0 aliphatic heterocycles. The molecule has 1 aliphatic carbocycles. The Kier molecular flexibility index (Phi) is 8.22. The van der Waals surface area contributed by atoms with Crippen LogP contribution in [0.4, 0.5) is 18.9 Å². The molecule has 2 amide bonds. The van der Waals surface area contributed by atoms with Crippen molar-refractivity contribution >= 4 is 34.8 Å². The molecule has 1 aliphatic rings. The summed E-state index contributed by atoms with van der Waals surface area (Å²) in [6, 6.07) is 1.36. The number of carbonyl (C=O) groups is 3. The molecule has 0 saturated heterocycles.